The zero-order valence-corrected chi connectivity index (χ0v) is 13.8. The van der Waals surface area contributed by atoms with Gasteiger partial charge in [-0.2, -0.15) is 0 Å². The molecule has 4 nitrogen and oxygen atoms in total. The molecule has 1 aromatic heterocycles. The highest BCUT2D eigenvalue weighted by molar-refractivity contribution is 9.10. The summed E-state index contributed by atoms with van der Waals surface area (Å²) in [5, 5.41) is 12.0. The predicted molar refractivity (Wildman–Crippen MR) is 88.1 cm³/mol. The lowest BCUT2D eigenvalue weighted by molar-refractivity contribution is 0.318. The number of hydrogen-bond acceptors (Lipinski definition) is 4. The molecule has 0 saturated carbocycles. The van der Waals surface area contributed by atoms with E-state index in [1.54, 1.807) is 0 Å². The summed E-state index contributed by atoms with van der Waals surface area (Å²) in [7, 11) is 1.95. The molecule has 0 aliphatic carbocycles. The maximum atomic E-state index is 8.92. The molecule has 0 amide bonds. The van der Waals surface area contributed by atoms with Crippen LogP contribution in [-0.2, 0) is 6.54 Å². The smallest absolute Gasteiger partial charge is 0.173 e. The molecule has 0 aliphatic heterocycles. The van der Waals surface area contributed by atoms with Gasteiger partial charge in [-0.1, -0.05) is 22.8 Å². The topological polar surface area (TPSA) is 61.8 Å². The van der Waals surface area contributed by atoms with Crippen molar-refractivity contribution in [1.29, 1.82) is 0 Å². The summed E-state index contributed by atoms with van der Waals surface area (Å²) < 4.78 is 1.54. The van der Waals surface area contributed by atoms with Gasteiger partial charge in [0.1, 0.15) is 0 Å². The average molecular weight is 375 g/mol. The third kappa shape index (κ3) is 3.26. The molecule has 1 aromatic carbocycles. The van der Waals surface area contributed by atoms with Gasteiger partial charge in [0.15, 0.2) is 5.84 Å². The third-order valence-electron chi connectivity index (χ3n) is 2.79. The van der Waals surface area contributed by atoms with E-state index in [1.807, 2.05) is 42.3 Å². The molecule has 0 radical (unpaired) electrons. The van der Waals surface area contributed by atoms with E-state index >= 15 is 0 Å². The van der Waals surface area contributed by atoms with Crippen LogP contribution in [0.15, 0.2) is 40.0 Å². The highest BCUT2D eigenvalue weighted by Gasteiger charge is 2.15. The summed E-state index contributed by atoms with van der Waals surface area (Å²) in [5.41, 5.74) is 7.30. The fourth-order valence-corrected chi connectivity index (χ4v) is 3.59. The van der Waals surface area contributed by atoms with Crippen molar-refractivity contribution in [3.63, 3.8) is 0 Å². The van der Waals surface area contributed by atoms with Crippen LogP contribution in [0, 0.1) is 0 Å². The zero-order valence-electron chi connectivity index (χ0n) is 10.7. The molecule has 0 bridgehead atoms. The number of benzene rings is 1. The van der Waals surface area contributed by atoms with E-state index < -0.39 is 0 Å². The Hall–Kier alpha value is -1.24. The molecule has 2 aromatic rings. The van der Waals surface area contributed by atoms with Crippen LogP contribution >= 0.6 is 38.9 Å². The SMILES string of the molecule is CN(Cc1ccc(Cl)s1)c1cccc(Br)c1/C(N)=N/O. The summed E-state index contributed by atoms with van der Waals surface area (Å²) in [5.74, 6) is 0.0727. The number of anilines is 1. The number of halogens is 2. The Morgan fingerprint density at radius 2 is 2.20 bits per heavy atom. The summed E-state index contributed by atoms with van der Waals surface area (Å²) in [6.45, 7) is 0.694. The van der Waals surface area contributed by atoms with Gasteiger partial charge < -0.3 is 15.8 Å². The second-order valence-electron chi connectivity index (χ2n) is 4.18. The van der Waals surface area contributed by atoms with Gasteiger partial charge in [0, 0.05) is 22.1 Å². The molecule has 2 rings (SSSR count). The Kier molecular flexibility index (Phi) is 4.91. The van der Waals surface area contributed by atoms with E-state index in [4.69, 9.17) is 22.5 Å². The van der Waals surface area contributed by atoms with Crippen LogP contribution in [0.5, 0.6) is 0 Å². The molecule has 1 heterocycles. The molecule has 0 unspecified atom stereocenters. The van der Waals surface area contributed by atoms with Crippen molar-refractivity contribution in [3.8, 4) is 0 Å². The van der Waals surface area contributed by atoms with E-state index in [9.17, 15) is 0 Å². The van der Waals surface area contributed by atoms with Crippen LogP contribution in [0.4, 0.5) is 5.69 Å². The fourth-order valence-electron chi connectivity index (χ4n) is 1.89. The summed E-state index contributed by atoms with van der Waals surface area (Å²) in [6.07, 6.45) is 0. The van der Waals surface area contributed by atoms with E-state index in [1.165, 1.54) is 11.3 Å². The number of amidine groups is 1. The van der Waals surface area contributed by atoms with Crippen molar-refractivity contribution < 1.29 is 5.21 Å². The highest BCUT2D eigenvalue weighted by atomic mass is 79.9. The zero-order chi connectivity index (χ0) is 14.7. The van der Waals surface area contributed by atoms with Crippen LogP contribution < -0.4 is 10.6 Å². The lowest BCUT2D eigenvalue weighted by Crippen LogP contribution is -2.22. The fraction of sp³-hybridized carbons (Fsp3) is 0.154. The Balaban J connectivity index is 2.34. The lowest BCUT2D eigenvalue weighted by Gasteiger charge is -2.22. The predicted octanol–water partition coefficient (Wildman–Crippen LogP) is 3.89. The highest BCUT2D eigenvalue weighted by Crippen LogP contribution is 2.29. The van der Waals surface area contributed by atoms with Crippen molar-refractivity contribution in [2.75, 3.05) is 11.9 Å². The molecule has 7 heteroatoms. The second kappa shape index (κ2) is 6.47. The van der Waals surface area contributed by atoms with E-state index in [2.05, 4.69) is 21.1 Å². The minimum absolute atomic E-state index is 0.0727. The molecule has 0 aliphatic rings. The average Bonchev–Trinajstić information content (AvgIpc) is 2.83. The largest absolute Gasteiger partial charge is 0.409 e. The monoisotopic (exact) mass is 373 g/mol. The number of nitrogens with zero attached hydrogens (tertiary/aromatic N) is 2. The summed E-state index contributed by atoms with van der Waals surface area (Å²) in [4.78, 5) is 3.17. The van der Waals surface area contributed by atoms with Gasteiger partial charge in [-0.25, -0.2) is 0 Å². The maximum Gasteiger partial charge on any atom is 0.173 e. The first-order chi connectivity index (χ1) is 9.52. The Morgan fingerprint density at radius 3 is 2.80 bits per heavy atom. The van der Waals surface area contributed by atoms with Crippen LogP contribution in [0.3, 0.4) is 0 Å². The molecule has 106 valence electrons. The molecule has 20 heavy (non-hydrogen) atoms. The van der Waals surface area contributed by atoms with Crippen LogP contribution in [-0.4, -0.2) is 18.1 Å². The van der Waals surface area contributed by atoms with E-state index in [-0.39, 0.29) is 5.84 Å². The Morgan fingerprint density at radius 1 is 1.45 bits per heavy atom. The number of thiophene rings is 1. The van der Waals surface area contributed by atoms with Gasteiger partial charge in [-0.15, -0.1) is 11.3 Å². The van der Waals surface area contributed by atoms with Gasteiger partial charge in [0.25, 0.3) is 0 Å². The minimum Gasteiger partial charge on any atom is -0.409 e. The summed E-state index contributed by atoms with van der Waals surface area (Å²) in [6, 6.07) is 9.55. The maximum absolute atomic E-state index is 8.92. The first-order valence-corrected chi connectivity index (χ1v) is 7.73. The van der Waals surface area contributed by atoms with E-state index in [0.717, 1.165) is 19.4 Å². The molecule has 0 spiro atoms. The standard InChI is InChI=1S/C13H13BrClN3OS/c1-18(7-8-5-6-11(15)20-8)10-4-2-3-9(14)12(10)13(16)17-19/h2-6,19H,7H2,1H3,(H2,16,17). The summed E-state index contributed by atoms with van der Waals surface area (Å²) >= 11 is 10.9. The number of nitrogens with two attached hydrogens (primary N) is 1. The third-order valence-corrected chi connectivity index (χ3v) is 4.67. The van der Waals surface area contributed by atoms with Gasteiger partial charge in [-0.05, 0) is 40.2 Å². The van der Waals surface area contributed by atoms with Gasteiger partial charge >= 0.3 is 0 Å². The van der Waals surface area contributed by atoms with Crippen molar-refractivity contribution in [3.05, 3.63) is 49.6 Å². The quantitative estimate of drug-likeness (QED) is 0.369. The van der Waals surface area contributed by atoms with Crippen molar-refractivity contribution in [1.82, 2.24) is 0 Å². The molecule has 0 saturated heterocycles. The van der Waals surface area contributed by atoms with Crippen LogP contribution in [0.1, 0.15) is 10.4 Å². The Bertz CT molecular complexity index is 644. The van der Waals surface area contributed by atoms with Gasteiger partial charge in [0.2, 0.25) is 0 Å². The number of oxime groups is 1. The van der Waals surface area contributed by atoms with Crippen molar-refractivity contribution in [2.45, 2.75) is 6.54 Å². The molecular weight excluding hydrogens is 362 g/mol. The number of rotatable bonds is 4. The van der Waals surface area contributed by atoms with E-state index in [0.29, 0.717) is 12.1 Å². The Labute approximate surface area is 134 Å². The van der Waals surface area contributed by atoms with Gasteiger partial charge in [0.05, 0.1) is 16.4 Å². The molecule has 3 N–H and O–H groups in total. The minimum atomic E-state index is 0.0727. The van der Waals surface area contributed by atoms with Crippen LogP contribution in [0.25, 0.3) is 0 Å². The first kappa shape index (κ1) is 15.2. The van der Waals surface area contributed by atoms with Gasteiger partial charge in [-0.3, -0.25) is 0 Å². The molecule has 0 atom stereocenters. The lowest BCUT2D eigenvalue weighted by atomic mass is 10.1. The van der Waals surface area contributed by atoms with Crippen LogP contribution in [0.2, 0.25) is 4.34 Å². The second-order valence-corrected chi connectivity index (χ2v) is 6.84. The van der Waals surface area contributed by atoms with Crippen molar-refractivity contribution >= 4 is 50.4 Å². The molecular formula is C13H13BrClN3OS. The first-order valence-electron chi connectivity index (χ1n) is 5.74. The molecule has 0 fully saturated rings. The normalized spacial score (nSPS) is 11.7. The van der Waals surface area contributed by atoms with Crippen molar-refractivity contribution in [2.24, 2.45) is 10.9 Å². The number of hydrogen-bond donors (Lipinski definition) is 2.